The normalized spacial score (nSPS) is 16.9. The second-order valence-electron chi connectivity index (χ2n) is 6.27. The first kappa shape index (κ1) is 15.1. The zero-order valence-corrected chi connectivity index (χ0v) is 13.3. The Balaban J connectivity index is 2.25. The molecule has 0 amide bonds. The Morgan fingerprint density at radius 1 is 1.35 bits per heavy atom. The van der Waals surface area contributed by atoms with Gasteiger partial charge in [-0.05, 0) is 39.7 Å². The van der Waals surface area contributed by atoms with Gasteiger partial charge in [0.1, 0.15) is 5.69 Å². The van der Waals surface area contributed by atoms with Gasteiger partial charge in [0.15, 0.2) is 0 Å². The van der Waals surface area contributed by atoms with E-state index in [1.807, 2.05) is 13.8 Å². The van der Waals surface area contributed by atoms with Crippen LogP contribution in [0.3, 0.4) is 0 Å². The van der Waals surface area contributed by atoms with E-state index in [0.29, 0.717) is 11.9 Å². The summed E-state index contributed by atoms with van der Waals surface area (Å²) < 4.78 is 11.7. The highest BCUT2D eigenvalue weighted by Crippen LogP contribution is 2.29. The Labute approximate surface area is 121 Å². The molecule has 112 valence electrons. The third-order valence-corrected chi connectivity index (χ3v) is 3.22. The lowest BCUT2D eigenvalue weighted by Gasteiger charge is -2.20. The molecule has 0 unspecified atom stereocenters. The van der Waals surface area contributed by atoms with E-state index < -0.39 is 0 Å². The molecule has 0 saturated heterocycles. The molecule has 0 aliphatic carbocycles. The van der Waals surface area contributed by atoms with Gasteiger partial charge < -0.3 is 14.1 Å². The Morgan fingerprint density at radius 3 is 2.70 bits per heavy atom. The molecule has 1 aliphatic heterocycles. The van der Waals surface area contributed by atoms with E-state index >= 15 is 0 Å². The summed E-state index contributed by atoms with van der Waals surface area (Å²) in [4.78, 5) is 6.96. The van der Waals surface area contributed by atoms with Crippen LogP contribution < -0.4 is 4.74 Å². The molecule has 0 spiro atoms. The highest BCUT2D eigenvalue weighted by Gasteiger charge is 2.21. The van der Waals surface area contributed by atoms with Gasteiger partial charge in [0.2, 0.25) is 5.89 Å². The maximum Gasteiger partial charge on any atom is 0.309 e. The fourth-order valence-corrected chi connectivity index (χ4v) is 2.35. The Bertz CT molecular complexity index is 447. The predicted octanol–water partition coefficient (Wildman–Crippen LogP) is 3.38. The predicted molar refractivity (Wildman–Crippen MR) is 80.9 cm³/mol. The molecule has 4 heteroatoms. The summed E-state index contributed by atoms with van der Waals surface area (Å²) in [6.45, 7) is 10.4. The third kappa shape index (κ3) is 3.85. The number of aromatic nitrogens is 1. The number of ether oxygens (including phenoxy) is 1. The number of hydrogen-bond donors (Lipinski definition) is 0. The lowest BCUT2D eigenvalue weighted by Crippen LogP contribution is -2.25. The van der Waals surface area contributed by atoms with E-state index in [1.165, 1.54) is 5.57 Å². The lowest BCUT2D eigenvalue weighted by atomic mass is 10.1. The van der Waals surface area contributed by atoms with E-state index in [2.05, 4.69) is 36.9 Å². The molecule has 0 fully saturated rings. The van der Waals surface area contributed by atoms with Crippen LogP contribution in [0.5, 0.6) is 5.95 Å². The zero-order chi connectivity index (χ0) is 14.7. The highest BCUT2D eigenvalue weighted by molar-refractivity contribution is 5.61. The van der Waals surface area contributed by atoms with Crippen molar-refractivity contribution in [1.29, 1.82) is 0 Å². The molecule has 20 heavy (non-hydrogen) atoms. The number of nitrogens with zero attached hydrogens (tertiary/aromatic N) is 2. The van der Waals surface area contributed by atoms with Gasteiger partial charge in [-0.2, -0.15) is 0 Å². The number of oxazole rings is 1. The van der Waals surface area contributed by atoms with Crippen LogP contribution in [0.15, 0.2) is 10.5 Å². The van der Waals surface area contributed by atoms with Crippen molar-refractivity contribution in [3.8, 4) is 5.95 Å². The average Bonchev–Trinajstić information content (AvgIpc) is 2.71. The van der Waals surface area contributed by atoms with Gasteiger partial charge in [-0.15, -0.1) is 0 Å². The number of rotatable bonds is 5. The third-order valence-electron chi connectivity index (χ3n) is 3.22. The van der Waals surface area contributed by atoms with Crippen molar-refractivity contribution < 1.29 is 9.15 Å². The Morgan fingerprint density at radius 2 is 2.10 bits per heavy atom. The molecule has 0 bridgehead atoms. The zero-order valence-electron chi connectivity index (χ0n) is 13.3. The van der Waals surface area contributed by atoms with Crippen LogP contribution in [0.4, 0.5) is 0 Å². The first-order valence-electron chi connectivity index (χ1n) is 7.50. The molecular formula is C16H26N2O2. The highest BCUT2D eigenvalue weighted by atomic mass is 16.6. The summed E-state index contributed by atoms with van der Waals surface area (Å²) >= 11 is 0. The summed E-state index contributed by atoms with van der Waals surface area (Å²) in [5.41, 5.74) is 2.11. The summed E-state index contributed by atoms with van der Waals surface area (Å²) in [5, 5.41) is 0. The summed E-state index contributed by atoms with van der Waals surface area (Å²) in [6.07, 6.45) is 4.26. The van der Waals surface area contributed by atoms with Gasteiger partial charge in [0.25, 0.3) is 0 Å². The van der Waals surface area contributed by atoms with Gasteiger partial charge in [0, 0.05) is 18.7 Å². The van der Waals surface area contributed by atoms with E-state index in [-0.39, 0.29) is 6.10 Å². The monoisotopic (exact) mass is 278 g/mol. The standard InChI is InChI=1S/C16H26N2O2/c1-11(2)9-14-16(19-12(3)4)20-15(17-14)13-7-6-8-18(5)10-13/h7,11-12H,6,8-10H2,1-5H3. The summed E-state index contributed by atoms with van der Waals surface area (Å²) in [7, 11) is 2.12. The molecule has 0 saturated carbocycles. The molecule has 1 aromatic rings. The molecule has 0 atom stereocenters. The van der Waals surface area contributed by atoms with Crippen molar-refractivity contribution in [2.75, 3.05) is 20.1 Å². The smallest absolute Gasteiger partial charge is 0.309 e. The van der Waals surface area contributed by atoms with Crippen LogP contribution >= 0.6 is 0 Å². The first-order chi connectivity index (χ1) is 9.45. The average molecular weight is 278 g/mol. The minimum Gasteiger partial charge on any atom is -0.461 e. The molecule has 0 radical (unpaired) electrons. The van der Waals surface area contributed by atoms with Crippen LogP contribution in [0.1, 0.15) is 45.7 Å². The fraction of sp³-hybridized carbons (Fsp3) is 0.688. The fourth-order valence-electron chi connectivity index (χ4n) is 2.35. The van der Waals surface area contributed by atoms with E-state index in [1.54, 1.807) is 0 Å². The Hall–Kier alpha value is -1.29. The second kappa shape index (κ2) is 6.44. The Kier molecular flexibility index (Phi) is 4.86. The van der Waals surface area contributed by atoms with Crippen molar-refractivity contribution >= 4 is 5.57 Å². The van der Waals surface area contributed by atoms with Crippen molar-refractivity contribution in [2.45, 2.75) is 46.6 Å². The lowest BCUT2D eigenvalue weighted by molar-refractivity contribution is 0.182. The van der Waals surface area contributed by atoms with Gasteiger partial charge in [-0.1, -0.05) is 19.9 Å². The first-order valence-corrected chi connectivity index (χ1v) is 7.50. The van der Waals surface area contributed by atoms with Gasteiger partial charge in [-0.25, -0.2) is 4.98 Å². The summed E-state index contributed by atoms with van der Waals surface area (Å²) in [6, 6.07) is 0. The molecule has 2 rings (SSSR count). The van der Waals surface area contributed by atoms with Crippen molar-refractivity contribution in [1.82, 2.24) is 9.88 Å². The molecule has 1 aliphatic rings. The number of likely N-dealkylation sites (N-methyl/N-ethyl adjacent to an activating group) is 1. The minimum absolute atomic E-state index is 0.102. The van der Waals surface area contributed by atoms with E-state index in [0.717, 1.165) is 37.5 Å². The SMILES string of the molecule is CC(C)Cc1nc(C2=CCCN(C)C2)oc1OC(C)C. The van der Waals surface area contributed by atoms with Gasteiger partial charge in [0.05, 0.1) is 6.10 Å². The van der Waals surface area contributed by atoms with Crippen LogP contribution in [-0.2, 0) is 6.42 Å². The van der Waals surface area contributed by atoms with Gasteiger partial charge >= 0.3 is 5.95 Å². The minimum atomic E-state index is 0.102. The second-order valence-corrected chi connectivity index (χ2v) is 6.27. The maximum atomic E-state index is 5.89. The molecule has 0 aromatic carbocycles. The molecule has 2 heterocycles. The van der Waals surface area contributed by atoms with Crippen LogP contribution in [0.25, 0.3) is 5.57 Å². The van der Waals surface area contributed by atoms with Crippen LogP contribution in [0, 0.1) is 5.92 Å². The van der Waals surface area contributed by atoms with Crippen molar-refractivity contribution in [3.63, 3.8) is 0 Å². The van der Waals surface area contributed by atoms with Gasteiger partial charge in [-0.3, -0.25) is 0 Å². The molecule has 4 nitrogen and oxygen atoms in total. The topological polar surface area (TPSA) is 38.5 Å². The molecule has 1 aromatic heterocycles. The quantitative estimate of drug-likeness (QED) is 0.827. The maximum absolute atomic E-state index is 5.89. The van der Waals surface area contributed by atoms with Crippen LogP contribution in [-0.4, -0.2) is 36.1 Å². The largest absolute Gasteiger partial charge is 0.461 e. The molecule has 0 N–H and O–H groups in total. The van der Waals surface area contributed by atoms with E-state index in [9.17, 15) is 0 Å². The van der Waals surface area contributed by atoms with Crippen LogP contribution in [0.2, 0.25) is 0 Å². The van der Waals surface area contributed by atoms with Crippen molar-refractivity contribution in [3.05, 3.63) is 17.7 Å². The number of hydrogen-bond acceptors (Lipinski definition) is 4. The summed E-state index contributed by atoms with van der Waals surface area (Å²) in [5.74, 6) is 1.85. The molecular weight excluding hydrogens is 252 g/mol. The van der Waals surface area contributed by atoms with E-state index in [4.69, 9.17) is 9.15 Å². The van der Waals surface area contributed by atoms with Crippen molar-refractivity contribution in [2.24, 2.45) is 5.92 Å².